The summed E-state index contributed by atoms with van der Waals surface area (Å²) in [6.07, 6.45) is 0. The third kappa shape index (κ3) is 18.7. The first-order chi connectivity index (χ1) is 4.06. The maximum absolute atomic E-state index is 9.57. The van der Waals surface area contributed by atoms with E-state index in [4.69, 9.17) is 15.9 Å². The van der Waals surface area contributed by atoms with Crippen LogP contribution >= 0.6 is 0 Å². The van der Waals surface area contributed by atoms with Crippen molar-refractivity contribution in [2.45, 2.75) is 19.9 Å². The summed E-state index contributed by atoms with van der Waals surface area (Å²) in [5, 5.41) is 15.4. The van der Waals surface area contributed by atoms with Crippen LogP contribution in [0.5, 0.6) is 0 Å². The Morgan fingerprint density at radius 3 is 1.89 bits per heavy atom. The first-order valence-corrected chi connectivity index (χ1v) is 2.65. The van der Waals surface area contributed by atoms with E-state index >= 15 is 0 Å². The third-order valence-electron chi connectivity index (χ3n) is 0.390. The molecular weight excluding hydrogens is 122 g/mol. The number of hydrogen-bond donors (Lipinski definition) is 3. The van der Waals surface area contributed by atoms with Crippen LogP contribution in [0.15, 0.2) is 0 Å². The summed E-state index contributed by atoms with van der Waals surface area (Å²) >= 11 is 0. The van der Waals surface area contributed by atoms with Crippen LogP contribution in [-0.4, -0.2) is 28.8 Å². The van der Waals surface area contributed by atoms with E-state index in [1.54, 1.807) is 6.92 Å². The van der Waals surface area contributed by atoms with Gasteiger partial charge in [0.05, 0.1) is 0 Å². The van der Waals surface area contributed by atoms with Gasteiger partial charge in [-0.2, -0.15) is 0 Å². The lowest BCUT2D eigenvalue weighted by molar-refractivity contribution is -0.138. The molecule has 1 unspecified atom stereocenters. The van der Waals surface area contributed by atoms with Gasteiger partial charge in [0, 0.05) is 6.61 Å². The van der Waals surface area contributed by atoms with Crippen LogP contribution < -0.4 is 5.73 Å². The first-order valence-electron chi connectivity index (χ1n) is 2.65. The van der Waals surface area contributed by atoms with Crippen LogP contribution in [0, 0.1) is 0 Å². The average molecular weight is 135 g/mol. The number of carboxylic acid groups (broad SMARTS) is 1. The lowest BCUT2D eigenvalue weighted by Gasteiger charge is -1.90. The van der Waals surface area contributed by atoms with Crippen molar-refractivity contribution in [3.8, 4) is 0 Å². The van der Waals surface area contributed by atoms with Crippen molar-refractivity contribution >= 4 is 5.97 Å². The van der Waals surface area contributed by atoms with Crippen LogP contribution in [0.25, 0.3) is 0 Å². The number of aliphatic hydroxyl groups excluding tert-OH is 1. The monoisotopic (exact) mass is 135 g/mol. The van der Waals surface area contributed by atoms with Gasteiger partial charge in [-0.05, 0) is 13.8 Å². The van der Waals surface area contributed by atoms with Gasteiger partial charge >= 0.3 is 5.97 Å². The smallest absolute Gasteiger partial charge is 0.320 e. The highest BCUT2D eigenvalue weighted by Crippen LogP contribution is 1.68. The predicted octanol–water partition coefficient (Wildman–Crippen LogP) is -0.583. The Morgan fingerprint density at radius 2 is 1.89 bits per heavy atom. The molecule has 0 aromatic rings. The average Bonchev–Trinajstić information content (AvgIpc) is 1.68. The van der Waals surface area contributed by atoms with Crippen molar-refractivity contribution in [3.63, 3.8) is 0 Å². The second-order valence-electron chi connectivity index (χ2n) is 1.44. The number of aliphatic hydroxyl groups is 1. The summed E-state index contributed by atoms with van der Waals surface area (Å²) in [6, 6.07) is -0.731. The van der Waals surface area contributed by atoms with E-state index in [9.17, 15) is 4.79 Å². The van der Waals surface area contributed by atoms with Crippen LogP contribution in [-0.2, 0) is 4.79 Å². The molecule has 0 aliphatic carbocycles. The molecule has 0 aliphatic heterocycles. The van der Waals surface area contributed by atoms with Gasteiger partial charge in [0.15, 0.2) is 0 Å². The van der Waals surface area contributed by atoms with E-state index in [1.807, 2.05) is 0 Å². The molecule has 0 aromatic heterocycles. The highest BCUT2D eigenvalue weighted by atomic mass is 16.4. The molecule has 0 aliphatic rings. The Balaban J connectivity index is 0. The van der Waals surface area contributed by atoms with Gasteiger partial charge in [-0.25, -0.2) is 0 Å². The molecular formula is C5H13NO3. The lowest BCUT2D eigenvalue weighted by atomic mass is 10.4. The largest absolute Gasteiger partial charge is 0.480 e. The van der Waals surface area contributed by atoms with E-state index in [-0.39, 0.29) is 6.61 Å². The number of aliphatic carboxylic acids is 1. The second kappa shape index (κ2) is 7.39. The molecule has 4 N–H and O–H groups in total. The SMILES string of the molecule is CC(N)C(=O)O.CCO. The minimum Gasteiger partial charge on any atom is -0.480 e. The highest BCUT2D eigenvalue weighted by Gasteiger charge is 1.99. The maximum atomic E-state index is 9.57. The van der Waals surface area contributed by atoms with Crippen LogP contribution in [0.1, 0.15) is 13.8 Å². The van der Waals surface area contributed by atoms with Crippen molar-refractivity contribution in [1.82, 2.24) is 0 Å². The van der Waals surface area contributed by atoms with Gasteiger partial charge in [-0.3, -0.25) is 4.79 Å². The van der Waals surface area contributed by atoms with E-state index in [2.05, 4.69) is 0 Å². The fraction of sp³-hybridized carbons (Fsp3) is 0.800. The molecule has 0 spiro atoms. The number of hydrogen-bond acceptors (Lipinski definition) is 3. The summed E-state index contributed by atoms with van der Waals surface area (Å²) in [5.74, 6) is -0.963. The minimum absolute atomic E-state index is 0.250. The van der Waals surface area contributed by atoms with Gasteiger partial charge in [-0.15, -0.1) is 0 Å². The fourth-order valence-electron chi connectivity index (χ4n) is 0. The number of rotatable bonds is 1. The Bertz CT molecular complexity index is 72.6. The Kier molecular flexibility index (Phi) is 9.21. The summed E-state index contributed by atoms with van der Waals surface area (Å²) in [7, 11) is 0. The molecule has 9 heavy (non-hydrogen) atoms. The molecule has 0 rings (SSSR count). The maximum Gasteiger partial charge on any atom is 0.320 e. The Hall–Kier alpha value is -0.610. The summed E-state index contributed by atoms with van der Waals surface area (Å²) in [4.78, 5) is 9.57. The highest BCUT2D eigenvalue weighted by molar-refractivity contribution is 5.72. The van der Waals surface area contributed by atoms with E-state index in [0.29, 0.717) is 0 Å². The normalized spacial score (nSPS) is 11.1. The van der Waals surface area contributed by atoms with Crippen LogP contribution in [0.2, 0.25) is 0 Å². The minimum atomic E-state index is -0.963. The van der Waals surface area contributed by atoms with Gasteiger partial charge in [0.1, 0.15) is 6.04 Å². The quantitative estimate of drug-likeness (QED) is 0.449. The molecule has 4 nitrogen and oxygen atoms in total. The molecule has 0 bridgehead atoms. The summed E-state index contributed by atoms with van der Waals surface area (Å²) in [6.45, 7) is 3.35. The van der Waals surface area contributed by atoms with E-state index in [1.165, 1.54) is 6.92 Å². The molecule has 0 fully saturated rings. The molecule has 0 heterocycles. The molecule has 56 valence electrons. The molecule has 4 heteroatoms. The molecule has 0 saturated heterocycles. The molecule has 1 atom stereocenters. The zero-order valence-electron chi connectivity index (χ0n) is 5.66. The molecule has 0 radical (unpaired) electrons. The van der Waals surface area contributed by atoms with Gasteiger partial charge < -0.3 is 15.9 Å². The topological polar surface area (TPSA) is 83.6 Å². The lowest BCUT2D eigenvalue weighted by Crippen LogP contribution is -2.25. The molecule has 0 saturated carbocycles. The summed E-state index contributed by atoms with van der Waals surface area (Å²) < 4.78 is 0. The predicted molar refractivity (Wildman–Crippen MR) is 34.0 cm³/mol. The Morgan fingerprint density at radius 1 is 1.78 bits per heavy atom. The zero-order valence-corrected chi connectivity index (χ0v) is 5.66. The van der Waals surface area contributed by atoms with Crippen molar-refractivity contribution < 1.29 is 15.0 Å². The fourth-order valence-corrected chi connectivity index (χ4v) is 0. The number of nitrogens with two attached hydrogens (primary N) is 1. The van der Waals surface area contributed by atoms with Gasteiger partial charge in [0.2, 0.25) is 0 Å². The standard InChI is InChI=1S/C3H7NO2.C2H6O/c1-2(4)3(5)6;1-2-3/h2H,4H2,1H3,(H,5,6);3H,2H2,1H3. The Labute approximate surface area is 54.3 Å². The van der Waals surface area contributed by atoms with Gasteiger partial charge in [-0.1, -0.05) is 0 Å². The third-order valence-corrected chi connectivity index (χ3v) is 0.390. The molecule has 0 aromatic carbocycles. The van der Waals surface area contributed by atoms with Crippen LogP contribution in [0.3, 0.4) is 0 Å². The van der Waals surface area contributed by atoms with Crippen molar-refractivity contribution in [2.24, 2.45) is 5.73 Å². The van der Waals surface area contributed by atoms with Crippen LogP contribution in [0.4, 0.5) is 0 Å². The summed E-state index contributed by atoms with van der Waals surface area (Å²) in [5.41, 5.74) is 4.84. The number of carbonyl (C=O) groups is 1. The van der Waals surface area contributed by atoms with Crippen molar-refractivity contribution in [1.29, 1.82) is 0 Å². The second-order valence-corrected chi connectivity index (χ2v) is 1.44. The number of carboxylic acids is 1. The van der Waals surface area contributed by atoms with E-state index in [0.717, 1.165) is 0 Å². The van der Waals surface area contributed by atoms with Gasteiger partial charge in [0.25, 0.3) is 0 Å². The molecule has 0 amide bonds. The first kappa shape index (κ1) is 11.2. The zero-order chi connectivity index (χ0) is 7.86. The van der Waals surface area contributed by atoms with Crippen molar-refractivity contribution in [2.75, 3.05) is 6.61 Å². The van der Waals surface area contributed by atoms with Crippen molar-refractivity contribution in [3.05, 3.63) is 0 Å². The van der Waals surface area contributed by atoms with E-state index < -0.39 is 12.0 Å².